The van der Waals surface area contributed by atoms with Crippen LogP contribution in [0.1, 0.15) is 43.5 Å². The van der Waals surface area contributed by atoms with Crippen LogP contribution in [0, 0.1) is 6.92 Å². The number of hydrogen-bond donors (Lipinski definition) is 1. The number of aryl methyl sites for hydroxylation is 1. The molecule has 1 saturated carbocycles. The summed E-state index contributed by atoms with van der Waals surface area (Å²) in [6.45, 7) is 1.94. The maximum atomic E-state index is 11.9. The van der Waals surface area contributed by atoms with Crippen LogP contribution < -0.4 is 5.32 Å². The number of nitrogens with zero attached hydrogens (tertiary/aromatic N) is 4. The summed E-state index contributed by atoms with van der Waals surface area (Å²) >= 11 is 6.24. The maximum Gasteiger partial charge on any atom is 0.407 e. The van der Waals surface area contributed by atoms with E-state index in [9.17, 15) is 4.79 Å². The van der Waals surface area contributed by atoms with Gasteiger partial charge in [0.25, 0.3) is 0 Å². The van der Waals surface area contributed by atoms with E-state index in [1.54, 1.807) is 4.68 Å². The minimum atomic E-state index is -0.633. The zero-order valence-electron chi connectivity index (χ0n) is 13.8. The van der Waals surface area contributed by atoms with Gasteiger partial charge in [-0.15, -0.1) is 5.10 Å². The number of carbonyl (C=O) groups excluding carboxylic acids is 1. The zero-order valence-corrected chi connectivity index (χ0v) is 14.5. The van der Waals surface area contributed by atoms with E-state index < -0.39 is 11.6 Å². The molecule has 0 unspecified atom stereocenters. The highest BCUT2D eigenvalue weighted by Crippen LogP contribution is 2.37. The summed E-state index contributed by atoms with van der Waals surface area (Å²) in [6, 6.07) is 5.66. The predicted octanol–water partition coefficient (Wildman–Crippen LogP) is 3.14. The Hall–Kier alpha value is -2.15. The molecule has 24 heavy (non-hydrogen) atoms. The first-order valence-corrected chi connectivity index (χ1v) is 8.35. The molecule has 1 aliphatic rings. The topological polar surface area (TPSA) is 81.9 Å². The first kappa shape index (κ1) is 16.7. The fraction of sp³-hybridized carbons (Fsp3) is 0.500. The van der Waals surface area contributed by atoms with E-state index in [-0.39, 0.29) is 0 Å². The number of alkyl carbamates (subject to hydrolysis) is 1. The van der Waals surface area contributed by atoms with E-state index >= 15 is 0 Å². The predicted molar refractivity (Wildman–Crippen MR) is 89.2 cm³/mol. The molecule has 0 atom stereocenters. The highest BCUT2D eigenvalue weighted by molar-refractivity contribution is 6.31. The van der Waals surface area contributed by atoms with Crippen molar-refractivity contribution in [2.24, 2.45) is 0 Å². The van der Waals surface area contributed by atoms with E-state index in [1.807, 2.05) is 25.1 Å². The first-order valence-electron chi connectivity index (χ1n) is 7.97. The summed E-state index contributed by atoms with van der Waals surface area (Å²) in [4.78, 5) is 11.9. The van der Waals surface area contributed by atoms with Crippen molar-refractivity contribution in [2.45, 2.75) is 44.6 Å². The Balaban J connectivity index is 2.04. The first-order chi connectivity index (χ1) is 11.6. The van der Waals surface area contributed by atoms with Crippen LogP contribution in [0.5, 0.6) is 0 Å². The molecule has 8 heteroatoms. The van der Waals surface area contributed by atoms with Gasteiger partial charge in [0.15, 0.2) is 5.82 Å². The lowest BCUT2D eigenvalue weighted by molar-refractivity contribution is 0.139. The normalized spacial score (nSPS) is 16.6. The van der Waals surface area contributed by atoms with E-state index in [4.69, 9.17) is 16.3 Å². The van der Waals surface area contributed by atoms with Crippen LogP contribution in [-0.2, 0) is 10.3 Å². The Kier molecular flexibility index (Phi) is 4.71. The lowest BCUT2D eigenvalue weighted by Crippen LogP contribution is -2.49. The van der Waals surface area contributed by atoms with Crippen LogP contribution in [0.4, 0.5) is 4.79 Å². The number of rotatable bonds is 3. The van der Waals surface area contributed by atoms with Gasteiger partial charge in [0.2, 0.25) is 0 Å². The molecule has 3 rings (SSSR count). The smallest absolute Gasteiger partial charge is 0.407 e. The van der Waals surface area contributed by atoms with Crippen LogP contribution in [0.25, 0.3) is 5.69 Å². The Morgan fingerprint density at radius 3 is 2.75 bits per heavy atom. The molecule has 0 spiro atoms. The summed E-state index contributed by atoms with van der Waals surface area (Å²) in [5.41, 5.74) is 1.11. The number of halogens is 1. The number of amides is 1. The van der Waals surface area contributed by atoms with Gasteiger partial charge in [-0.05, 0) is 47.9 Å². The summed E-state index contributed by atoms with van der Waals surface area (Å²) in [5, 5.41) is 15.8. The van der Waals surface area contributed by atoms with E-state index in [0.29, 0.717) is 10.8 Å². The minimum absolute atomic E-state index is 0.478. The minimum Gasteiger partial charge on any atom is -0.453 e. The van der Waals surface area contributed by atoms with Crippen molar-refractivity contribution in [3.63, 3.8) is 0 Å². The molecule has 1 heterocycles. The van der Waals surface area contributed by atoms with Crippen molar-refractivity contribution in [1.82, 2.24) is 25.5 Å². The second kappa shape index (κ2) is 6.76. The Labute approximate surface area is 145 Å². The third kappa shape index (κ3) is 3.08. The maximum absolute atomic E-state index is 11.9. The highest BCUT2D eigenvalue weighted by atomic mass is 35.5. The third-order valence-electron chi connectivity index (χ3n) is 4.53. The molecule has 1 aromatic carbocycles. The molecule has 1 aromatic heterocycles. The molecule has 0 saturated heterocycles. The highest BCUT2D eigenvalue weighted by Gasteiger charge is 2.41. The average molecular weight is 350 g/mol. The fourth-order valence-corrected chi connectivity index (χ4v) is 3.35. The van der Waals surface area contributed by atoms with Crippen LogP contribution in [-0.4, -0.2) is 33.4 Å². The van der Waals surface area contributed by atoms with Crippen LogP contribution in [0.2, 0.25) is 5.02 Å². The van der Waals surface area contributed by atoms with Gasteiger partial charge in [0.05, 0.1) is 12.8 Å². The molecular formula is C16H20ClN5O2. The molecule has 0 aliphatic heterocycles. The number of methoxy groups -OCH3 is 1. The number of nitrogens with one attached hydrogen (secondary N) is 1. The molecule has 1 aliphatic carbocycles. The number of benzene rings is 1. The van der Waals surface area contributed by atoms with Gasteiger partial charge in [-0.1, -0.05) is 36.9 Å². The monoisotopic (exact) mass is 349 g/mol. The van der Waals surface area contributed by atoms with Gasteiger partial charge in [0.1, 0.15) is 5.54 Å². The summed E-state index contributed by atoms with van der Waals surface area (Å²) in [5.74, 6) is 0.604. The molecule has 1 N–H and O–H groups in total. The van der Waals surface area contributed by atoms with Crippen molar-refractivity contribution < 1.29 is 9.53 Å². The van der Waals surface area contributed by atoms with Crippen LogP contribution in [0.3, 0.4) is 0 Å². The molecule has 128 valence electrons. The van der Waals surface area contributed by atoms with Gasteiger partial charge in [-0.25, -0.2) is 4.79 Å². The van der Waals surface area contributed by atoms with Crippen LogP contribution >= 0.6 is 11.6 Å². The third-order valence-corrected chi connectivity index (χ3v) is 4.94. The largest absolute Gasteiger partial charge is 0.453 e. The summed E-state index contributed by atoms with van der Waals surface area (Å²) < 4.78 is 6.45. The molecule has 1 amide bonds. The standard InChI is InChI=1S/C16H20ClN5O2/c1-11-6-7-12(10-13(11)17)22-14(19-20-21-22)16(18-15(23)24-2)8-4-3-5-9-16/h6-7,10H,3-5,8-9H2,1-2H3,(H,18,23). The van der Waals surface area contributed by atoms with E-state index in [2.05, 4.69) is 20.8 Å². The molecular weight excluding hydrogens is 330 g/mol. The van der Waals surface area contributed by atoms with Gasteiger partial charge < -0.3 is 10.1 Å². The average Bonchev–Trinajstić information content (AvgIpc) is 3.08. The SMILES string of the molecule is COC(=O)NC1(c2nnnn2-c2ccc(C)c(Cl)c2)CCCCC1. The van der Waals surface area contributed by atoms with Gasteiger partial charge >= 0.3 is 6.09 Å². The van der Waals surface area contributed by atoms with Crippen molar-refractivity contribution in [3.05, 3.63) is 34.6 Å². The number of aromatic nitrogens is 4. The Morgan fingerprint density at radius 1 is 1.33 bits per heavy atom. The molecule has 0 radical (unpaired) electrons. The Bertz CT molecular complexity index is 740. The van der Waals surface area contributed by atoms with Gasteiger partial charge in [0, 0.05) is 5.02 Å². The summed E-state index contributed by atoms with van der Waals surface area (Å²) in [7, 11) is 1.36. The number of hydrogen-bond acceptors (Lipinski definition) is 5. The van der Waals surface area contributed by atoms with Gasteiger partial charge in [-0.3, -0.25) is 0 Å². The van der Waals surface area contributed by atoms with Crippen molar-refractivity contribution in [3.8, 4) is 5.69 Å². The lowest BCUT2D eigenvalue weighted by Gasteiger charge is -2.36. The zero-order chi connectivity index (χ0) is 17.2. The second-order valence-electron chi connectivity index (χ2n) is 6.11. The van der Waals surface area contributed by atoms with Crippen molar-refractivity contribution >= 4 is 17.7 Å². The number of tetrazole rings is 1. The molecule has 2 aromatic rings. The number of carbonyl (C=O) groups is 1. The van der Waals surface area contributed by atoms with Crippen molar-refractivity contribution in [1.29, 1.82) is 0 Å². The fourth-order valence-electron chi connectivity index (χ4n) is 3.18. The van der Waals surface area contributed by atoms with E-state index in [0.717, 1.165) is 43.4 Å². The second-order valence-corrected chi connectivity index (χ2v) is 6.51. The molecule has 1 fully saturated rings. The summed E-state index contributed by atoms with van der Waals surface area (Å²) in [6.07, 6.45) is 4.16. The molecule has 7 nitrogen and oxygen atoms in total. The van der Waals surface area contributed by atoms with Crippen molar-refractivity contribution in [2.75, 3.05) is 7.11 Å². The quantitative estimate of drug-likeness (QED) is 0.920. The van der Waals surface area contributed by atoms with Gasteiger partial charge in [-0.2, -0.15) is 4.68 Å². The van der Waals surface area contributed by atoms with Crippen LogP contribution in [0.15, 0.2) is 18.2 Å². The Morgan fingerprint density at radius 2 is 2.08 bits per heavy atom. The molecule has 0 bridgehead atoms. The van der Waals surface area contributed by atoms with E-state index in [1.165, 1.54) is 7.11 Å². The number of ether oxygens (including phenoxy) is 1. The lowest BCUT2D eigenvalue weighted by atomic mass is 9.81.